The molecule has 0 spiro atoms. The Balaban J connectivity index is 1.39. The van der Waals surface area contributed by atoms with Gasteiger partial charge in [-0.1, -0.05) is 46.3 Å². The summed E-state index contributed by atoms with van der Waals surface area (Å²) >= 11 is 3.71. The summed E-state index contributed by atoms with van der Waals surface area (Å²) in [5.41, 5.74) is 5.81. The molecule has 1 aromatic heterocycles. The van der Waals surface area contributed by atoms with Crippen LogP contribution in [0.2, 0.25) is 0 Å². The Kier molecular flexibility index (Phi) is 8.22. The highest BCUT2D eigenvalue weighted by atomic mass is 79.9. The van der Waals surface area contributed by atoms with Gasteiger partial charge < -0.3 is 4.90 Å². The van der Waals surface area contributed by atoms with Gasteiger partial charge in [0.25, 0.3) is 0 Å². The molecule has 0 N–H and O–H groups in total. The summed E-state index contributed by atoms with van der Waals surface area (Å²) < 4.78 is 1.08. The Labute approximate surface area is 222 Å². The summed E-state index contributed by atoms with van der Waals surface area (Å²) in [7, 11) is 2.13. The third kappa shape index (κ3) is 6.85. The predicted molar refractivity (Wildman–Crippen MR) is 147 cm³/mol. The zero-order chi connectivity index (χ0) is 24.9. The summed E-state index contributed by atoms with van der Waals surface area (Å²) in [4.78, 5) is 29.1. The SMILES string of the molecule is CN1CCCC(=O)CN2CCN(CC2)Cc2cc(Br)cc(c2)Cc2nccc(n2)-c2ccc(cc2)C1. The van der Waals surface area contributed by atoms with Gasteiger partial charge in [-0.15, -0.1) is 0 Å². The molecule has 5 aliphatic heterocycles. The van der Waals surface area contributed by atoms with Crippen LogP contribution in [0.15, 0.2) is 59.2 Å². The molecule has 1 saturated heterocycles. The van der Waals surface area contributed by atoms with Crippen LogP contribution in [-0.2, 0) is 24.3 Å². The Morgan fingerprint density at radius 1 is 0.806 bits per heavy atom. The first-order valence-corrected chi connectivity index (χ1v) is 13.6. The Morgan fingerprint density at radius 2 is 1.53 bits per heavy atom. The molecule has 5 aliphatic rings. The third-order valence-corrected chi connectivity index (χ3v) is 7.51. The predicted octanol–water partition coefficient (Wildman–Crippen LogP) is 4.41. The fourth-order valence-corrected chi connectivity index (χ4v) is 5.74. The molecule has 8 rings (SSSR count). The number of ketones is 1. The van der Waals surface area contributed by atoms with Crippen LogP contribution in [0.3, 0.4) is 0 Å². The summed E-state index contributed by atoms with van der Waals surface area (Å²) in [5.74, 6) is 1.19. The summed E-state index contributed by atoms with van der Waals surface area (Å²) in [6, 6.07) is 17.3. The monoisotopic (exact) mass is 547 g/mol. The topological polar surface area (TPSA) is 52.6 Å². The number of rotatable bonds is 0. The number of aromatic nitrogens is 2. The van der Waals surface area contributed by atoms with Gasteiger partial charge in [-0.2, -0.15) is 0 Å². The van der Waals surface area contributed by atoms with E-state index in [1.54, 1.807) is 0 Å². The normalized spacial score (nSPS) is 22.0. The zero-order valence-corrected chi connectivity index (χ0v) is 22.6. The fourth-order valence-electron chi connectivity index (χ4n) is 5.15. The van der Waals surface area contributed by atoms with Gasteiger partial charge in [0.15, 0.2) is 0 Å². The van der Waals surface area contributed by atoms with Crippen molar-refractivity contribution in [1.82, 2.24) is 24.7 Å². The zero-order valence-electron chi connectivity index (χ0n) is 21.0. The van der Waals surface area contributed by atoms with Gasteiger partial charge in [0.05, 0.1) is 12.2 Å². The smallest absolute Gasteiger partial charge is 0.146 e. The molecule has 1 fully saturated rings. The first-order chi connectivity index (χ1) is 17.5. The molecule has 6 heterocycles. The molecular formula is C29H34BrN5O. The number of carbonyl (C=O) groups excluding carboxylic acids is 1. The van der Waals surface area contributed by atoms with E-state index in [4.69, 9.17) is 4.98 Å². The summed E-state index contributed by atoms with van der Waals surface area (Å²) in [6.45, 7) is 7.15. The van der Waals surface area contributed by atoms with E-state index < -0.39 is 0 Å². The Hall–Kier alpha value is -2.45. The van der Waals surface area contributed by atoms with Crippen LogP contribution in [0, 0.1) is 0 Å². The van der Waals surface area contributed by atoms with Crippen LogP contribution >= 0.6 is 15.9 Å². The van der Waals surface area contributed by atoms with E-state index >= 15 is 0 Å². The van der Waals surface area contributed by atoms with E-state index in [1.807, 2.05) is 12.3 Å². The second kappa shape index (κ2) is 11.7. The average molecular weight is 549 g/mol. The minimum atomic E-state index is 0.360. The van der Waals surface area contributed by atoms with Gasteiger partial charge in [-0.25, -0.2) is 9.97 Å². The number of halogens is 1. The highest BCUT2D eigenvalue weighted by Crippen LogP contribution is 2.22. The van der Waals surface area contributed by atoms with Crippen LogP contribution in [0.25, 0.3) is 11.3 Å². The lowest BCUT2D eigenvalue weighted by Gasteiger charge is -2.34. The van der Waals surface area contributed by atoms with Crippen molar-refractivity contribution in [1.29, 1.82) is 0 Å². The maximum Gasteiger partial charge on any atom is 0.146 e. The van der Waals surface area contributed by atoms with Crippen LogP contribution in [0.5, 0.6) is 0 Å². The van der Waals surface area contributed by atoms with Crippen molar-refractivity contribution in [2.45, 2.75) is 32.4 Å². The standard InChI is InChI=1S/C29H34BrN5O/c1-33-10-2-3-27(36)21-35-13-11-34(12-14-35)20-24-15-23(16-26(30)17-24)18-29-31-9-8-28(32-29)25-6-4-22(19-33)5-7-25/h4-9,15-17H,2-3,10-14,18-21H2,1H3. The number of piperazine rings is 1. The Morgan fingerprint density at radius 3 is 2.31 bits per heavy atom. The molecule has 0 atom stereocenters. The quantitative estimate of drug-likeness (QED) is 0.415. The molecule has 0 saturated carbocycles. The van der Waals surface area contributed by atoms with Crippen LogP contribution in [0.1, 0.15) is 35.4 Å². The second-order valence-corrected chi connectivity index (χ2v) is 11.0. The van der Waals surface area contributed by atoms with Crippen LogP contribution in [0.4, 0.5) is 0 Å². The largest absolute Gasteiger partial charge is 0.302 e. The maximum absolute atomic E-state index is 12.6. The maximum atomic E-state index is 12.6. The van der Waals surface area contributed by atoms with Gasteiger partial charge in [0, 0.05) is 68.3 Å². The number of Topliss-reactive ketones (excluding diaryl/α,β-unsaturated/α-hetero) is 1. The molecular weight excluding hydrogens is 514 g/mol. The lowest BCUT2D eigenvalue weighted by atomic mass is 10.1. The van der Waals surface area contributed by atoms with Crippen molar-refractivity contribution in [3.63, 3.8) is 0 Å². The lowest BCUT2D eigenvalue weighted by molar-refractivity contribution is -0.120. The van der Waals surface area contributed by atoms with Crippen molar-refractivity contribution in [2.24, 2.45) is 0 Å². The molecule has 188 valence electrons. The average Bonchev–Trinajstić information content (AvgIpc) is 2.85. The molecule has 0 radical (unpaired) electrons. The minimum Gasteiger partial charge on any atom is -0.302 e. The van der Waals surface area contributed by atoms with Gasteiger partial charge in [0.1, 0.15) is 11.6 Å². The van der Waals surface area contributed by atoms with Crippen molar-refractivity contribution in [2.75, 3.05) is 46.3 Å². The molecule has 2 aromatic carbocycles. The molecule has 36 heavy (non-hydrogen) atoms. The molecule has 7 heteroatoms. The highest BCUT2D eigenvalue weighted by Gasteiger charge is 2.19. The fraction of sp³-hybridized carbons (Fsp3) is 0.414. The van der Waals surface area contributed by atoms with E-state index in [0.29, 0.717) is 25.2 Å². The Bertz CT molecular complexity index is 1190. The van der Waals surface area contributed by atoms with E-state index in [1.165, 1.54) is 16.7 Å². The summed E-state index contributed by atoms with van der Waals surface area (Å²) in [5, 5.41) is 0. The van der Waals surface area contributed by atoms with Crippen molar-refractivity contribution in [3.8, 4) is 11.3 Å². The lowest BCUT2D eigenvalue weighted by Crippen LogP contribution is -2.47. The van der Waals surface area contributed by atoms with E-state index in [9.17, 15) is 4.79 Å². The van der Waals surface area contributed by atoms with Gasteiger partial charge in [-0.3, -0.25) is 14.6 Å². The summed E-state index contributed by atoms with van der Waals surface area (Å²) in [6.07, 6.45) is 4.11. The number of hydrogen-bond acceptors (Lipinski definition) is 6. The first kappa shape index (κ1) is 25.2. The number of benzene rings is 2. The van der Waals surface area contributed by atoms with Crippen molar-refractivity contribution in [3.05, 3.63) is 81.7 Å². The third-order valence-electron chi connectivity index (χ3n) is 7.05. The van der Waals surface area contributed by atoms with Crippen molar-refractivity contribution >= 4 is 21.7 Å². The van der Waals surface area contributed by atoms with Crippen LogP contribution < -0.4 is 0 Å². The molecule has 0 unspecified atom stereocenters. The van der Waals surface area contributed by atoms with Crippen LogP contribution in [-0.4, -0.2) is 76.8 Å². The minimum absolute atomic E-state index is 0.360. The molecule has 8 bridgehead atoms. The second-order valence-electron chi connectivity index (χ2n) is 10.1. The van der Waals surface area contributed by atoms with E-state index in [-0.39, 0.29) is 0 Å². The number of nitrogens with zero attached hydrogens (tertiary/aromatic N) is 5. The molecule has 3 aromatic rings. The first-order valence-electron chi connectivity index (χ1n) is 12.8. The van der Waals surface area contributed by atoms with Gasteiger partial charge >= 0.3 is 0 Å². The number of carbonyl (C=O) groups is 1. The molecule has 0 aliphatic carbocycles. The van der Waals surface area contributed by atoms with Crippen molar-refractivity contribution < 1.29 is 4.79 Å². The molecule has 0 amide bonds. The molecule has 6 nitrogen and oxygen atoms in total. The van der Waals surface area contributed by atoms with E-state index in [2.05, 4.69) is 85.1 Å². The highest BCUT2D eigenvalue weighted by molar-refractivity contribution is 9.10. The number of hydrogen-bond donors (Lipinski definition) is 0. The van der Waals surface area contributed by atoms with Gasteiger partial charge in [0.2, 0.25) is 0 Å². The van der Waals surface area contributed by atoms with Gasteiger partial charge in [-0.05, 0) is 54.9 Å². The van der Waals surface area contributed by atoms with E-state index in [0.717, 1.165) is 73.8 Å².